The number of phenolic OH excluding ortho intramolecular Hbond substituents is 1. The Kier molecular flexibility index (Phi) is 6.85. The van der Waals surface area contributed by atoms with Gasteiger partial charge in [0.25, 0.3) is 0 Å². The summed E-state index contributed by atoms with van der Waals surface area (Å²) in [5.74, 6) is 1.07. The molecule has 1 heterocycles. The summed E-state index contributed by atoms with van der Waals surface area (Å²) in [5, 5.41) is 9.35. The molecular formula is C24H29NO3. The van der Waals surface area contributed by atoms with Gasteiger partial charge in [0.15, 0.2) is 5.78 Å². The Bertz CT molecular complexity index is 788. The molecule has 1 N–H and O–H groups in total. The molecule has 1 saturated heterocycles. The van der Waals surface area contributed by atoms with Crippen LogP contribution in [0.1, 0.15) is 53.6 Å². The zero-order valence-electron chi connectivity index (χ0n) is 16.6. The number of aryl methyl sites for hydroxylation is 2. The van der Waals surface area contributed by atoms with Gasteiger partial charge < -0.3 is 10.0 Å². The molecule has 1 amide bonds. The van der Waals surface area contributed by atoms with Gasteiger partial charge >= 0.3 is 0 Å². The first-order valence-electron chi connectivity index (χ1n) is 10.2. The molecule has 2 aromatic rings. The molecule has 1 fully saturated rings. The molecular weight excluding hydrogens is 350 g/mol. The lowest BCUT2D eigenvalue weighted by molar-refractivity contribution is -0.132. The van der Waals surface area contributed by atoms with Gasteiger partial charge in [0.1, 0.15) is 5.75 Å². The number of phenols is 1. The van der Waals surface area contributed by atoms with Crippen molar-refractivity contribution in [3.05, 3.63) is 65.2 Å². The molecule has 3 rings (SSSR count). The number of hydrogen-bond donors (Lipinski definition) is 1. The van der Waals surface area contributed by atoms with Crippen LogP contribution in [0.15, 0.2) is 48.5 Å². The largest absolute Gasteiger partial charge is 0.508 e. The summed E-state index contributed by atoms with van der Waals surface area (Å²) in [6.07, 6.45) is 4.74. The predicted octanol–water partition coefficient (Wildman–Crippen LogP) is 4.53. The molecule has 0 radical (unpaired) electrons. The van der Waals surface area contributed by atoms with E-state index in [2.05, 4.69) is 0 Å². The van der Waals surface area contributed by atoms with E-state index < -0.39 is 0 Å². The van der Waals surface area contributed by atoms with Crippen LogP contribution in [0, 0.1) is 12.8 Å². The number of likely N-dealkylation sites (tertiary alicyclic amines) is 1. The molecule has 0 spiro atoms. The summed E-state index contributed by atoms with van der Waals surface area (Å²) in [4.78, 5) is 26.6. The highest BCUT2D eigenvalue weighted by Gasteiger charge is 2.23. The normalized spacial score (nSPS) is 14.8. The first kappa shape index (κ1) is 20.1. The van der Waals surface area contributed by atoms with Crippen molar-refractivity contribution in [1.29, 1.82) is 0 Å². The summed E-state index contributed by atoms with van der Waals surface area (Å²) >= 11 is 0. The molecule has 4 nitrogen and oxygen atoms in total. The Morgan fingerprint density at radius 2 is 1.61 bits per heavy atom. The van der Waals surface area contributed by atoms with E-state index in [1.807, 2.05) is 48.2 Å². The van der Waals surface area contributed by atoms with Gasteiger partial charge in [0.05, 0.1) is 0 Å². The van der Waals surface area contributed by atoms with E-state index in [1.54, 1.807) is 12.1 Å². The summed E-state index contributed by atoms with van der Waals surface area (Å²) < 4.78 is 0. The molecule has 0 saturated carbocycles. The van der Waals surface area contributed by atoms with Crippen LogP contribution in [0.25, 0.3) is 0 Å². The van der Waals surface area contributed by atoms with E-state index in [-0.39, 0.29) is 18.1 Å². The van der Waals surface area contributed by atoms with Crippen molar-refractivity contribution in [3.63, 3.8) is 0 Å². The smallest absolute Gasteiger partial charge is 0.223 e. The van der Waals surface area contributed by atoms with Gasteiger partial charge in [-0.25, -0.2) is 0 Å². The van der Waals surface area contributed by atoms with E-state index in [4.69, 9.17) is 0 Å². The maximum absolute atomic E-state index is 12.5. The third kappa shape index (κ3) is 5.69. The third-order valence-electron chi connectivity index (χ3n) is 5.68. The number of carbonyl (C=O) groups excluding carboxylic acids is 2. The standard InChI is InChI=1S/C24H29NO3/c1-18-2-8-21(9-3-18)23(27)12-13-24(28)25-16-14-20(15-17-25)5-4-19-6-10-22(26)11-7-19/h2-3,6-11,20,26H,4-5,12-17H2,1H3. The minimum atomic E-state index is 0.0390. The number of carbonyl (C=O) groups is 2. The van der Waals surface area contributed by atoms with Gasteiger partial charge in [-0.1, -0.05) is 42.0 Å². The van der Waals surface area contributed by atoms with Crippen LogP contribution in [-0.4, -0.2) is 34.8 Å². The average Bonchev–Trinajstić information content (AvgIpc) is 2.72. The molecule has 4 heteroatoms. The second-order valence-corrected chi connectivity index (χ2v) is 7.82. The summed E-state index contributed by atoms with van der Waals surface area (Å²) in [7, 11) is 0. The lowest BCUT2D eigenvalue weighted by Gasteiger charge is -2.32. The van der Waals surface area contributed by atoms with Crippen molar-refractivity contribution in [1.82, 2.24) is 4.90 Å². The zero-order valence-corrected chi connectivity index (χ0v) is 16.6. The van der Waals surface area contributed by atoms with Crippen LogP contribution in [0.4, 0.5) is 0 Å². The molecule has 0 aromatic heterocycles. The van der Waals surface area contributed by atoms with Gasteiger partial charge in [-0.2, -0.15) is 0 Å². The second-order valence-electron chi connectivity index (χ2n) is 7.82. The van der Waals surface area contributed by atoms with Gasteiger partial charge in [-0.3, -0.25) is 9.59 Å². The van der Waals surface area contributed by atoms with Gasteiger partial charge in [0, 0.05) is 31.5 Å². The number of amides is 1. The second kappa shape index (κ2) is 9.54. The van der Waals surface area contributed by atoms with Crippen molar-refractivity contribution in [2.24, 2.45) is 5.92 Å². The van der Waals surface area contributed by atoms with E-state index in [0.717, 1.165) is 44.3 Å². The first-order chi connectivity index (χ1) is 13.5. The van der Waals surface area contributed by atoms with Gasteiger partial charge in [0.2, 0.25) is 5.91 Å². The summed E-state index contributed by atoms with van der Waals surface area (Å²) in [6, 6.07) is 14.9. The molecule has 0 bridgehead atoms. The maximum atomic E-state index is 12.5. The molecule has 2 aromatic carbocycles. The fourth-order valence-electron chi connectivity index (χ4n) is 3.77. The van der Waals surface area contributed by atoms with E-state index in [9.17, 15) is 14.7 Å². The molecule has 28 heavy (non-hydrogen) atoms. The number of ketones is 1. The summed E-state index contributed by atoms with van der Waals surface area (Å²) in [5.41, 5.74) is 3.05. The van der Waals surface area contributed by atoms with Crippen LogP contribution < -0.4 is 0 Å². The highest BCUT2D eigenvalue weighted by molar-refractivity contribution is 5.97. The van der Waals surface area contributed by atoms with Gasteiger partial charge in [-0.05, 0) is 56.2 Å². The molecule has 1 aliphatic rings. The van der Waals surface area contributed by atoms with Crippen LogP contribution >= 0.6 is 0 Å². The minimum Gasteiger partial charge on any atom is -0.508 e. The zero-order chi connectivity index (χ0) is 19.9. The number of aromatic hydroxyl groups is 1. The number of nitrogens with zero attached hydrogens (tertiary/aromatic N) is 1. The van der Waals surface area contributed by atoms with Crippen molar-refractivity contribution < 1.29 is 14.7 Å². The Morgan fingerprint density at radius 3 is 2.25 bits per heavy atom. The summed E-state index contributed by atoms with van der Waals surface area (Å²) in [6.45, 7) is 3.57. The van der Waals surface area contributed by atoms with E-state index in [1.165, 1.54) is 5.56 Å². The fraction of sp³-hybridized carbons (Fsp3) is 0.417. The van der Waals surface area contributed by atoms with Crippen molar-refractivity contribution in [2.75, 3.05) is 13.1 Å². The fourth-order valence-corrected chi connectivity index (χ4v) is 3.77. The van der Waals surface area contributed by atoms with Crippen molar-refractivity contribution in [2.45, 2.75) is 45.4 Å². The number of hydrogen-bond acceptors (Lipinski definition) is 3. The Morgan fingerprint density at radius 1 is 0.964 bits per heavy atom. The Labute approximate surface area is 167 Å². The van der Waals surface area contributed by atoms with Crippen LogP contribution in [-0.2, 0) is 11.2 Å². The molecule has 1 aliphatic heterocycles. The van der Waals surface area contributed by atoms with Gasteiger partial charge in [-0.15, -0.1) is 0 Å². The van der Waals surface area contributed by atoms with Crippen molar-refractivity contribution in [3.8, 4) is 5.75 Å². The third-order valence-corrected chi connectivity index (χ3v) is 5.68. The van der Waals surface area contributed by atoms with E-state index >= 15 is 0 Å². The van der Waals surface area contributed by atoms with Crippen LogP contribution in [0.5, 0.6) is 5.75 Å². The van der Waals surface area contributed by atoms with Crippen LogP contribution in [0.2, 0.25) is 0 Å². The lowest BCUT2D eigenvalue weighted by Crippen LogP contribution is -2.38. The number of rotatable bonds is 7. The number of benzene rings is 2. The highest BCUT2D eigenvalue weighted by atomic mass is 16.3. The van der Waals surface area contributed by atoms with Crippen molar-refractivity contribution >= 4 is 11.7 Å². The maximum Gasteiger partial charge on any atom is 0.223 e. The minimum absolute atomic E-state index is 0.0390. The lowest BCUT2D eigenvalue weighted by atomic mass is 9.90. The van der Waals surface area contributed by atoms with E-state index in [0.29, 0.717) is 23.7 Å². The topological polar surface area (TPSA) is 57.6 Å². The molecule has 0 aliphatic carbocycles. The molecule has 0 atom stereocenters. The van der Waals surface area contributed by atoms with Crippen LogP contribution in [0.3, 0.4) is 0 Å². The predicted molar refractivity (Wildman–Crippen MR) is 110 cm³/mol. The Hall–Kier alpha value is -2.62. The molecule has 148 valence electrons. The number of Topliss-reactive ketones (excluding diaryl/α,β-unsaturated/α-hetero) is 1. The molecule has 0 unspecified atom stereocenters. The number of piperidine rings is 1. The Balaban J connectivity index is 1.38. The highest BCUT2D eigenvalue weighted by Crippen LogP contribution is 2.23. The first-order valence-corrected chi connectivity index (χ1v) is 10.2. The monoisotopic (exact) mass is 379 g/mol. The quantitative estimate of drug-likeness (QED) is 0.719. The average molecular weight is 380 g/mol. The SMILES string of the molecule is Cc1ccc(C(=O)CCC(=O)N2CCC(CCc3ccc(O)cc3)CC2)cc1.